The zero-order chi connectivity index (χ0) is 18.0. The molecule has 0 aliphatic heterocycles. The summed E-state index contributed by atoms with van der Waals surface area (Å²) in [5.74, 6) is -1.55. The van der Waals surface area contributed by atoms with Gasteiger partial charge in [-0.25, -0.2) is 9.78 Å². The number of hydrogen-bond acceptors (Lipinski definition) is 4. The van der Waals surface area contributed by atoms with Crippen molar-refractivity contribution in [3.05, 3.63) is 48.3 Å². The van der Waals surface area contributed by atoms with Crippen molar-refractivity contribution in [2.45, 2.75) is 26.3 Å². The van der Waals surface area contributed by atoms with Gasteiger partial charge < -0.3 is 15.0 Å². The predicted molar refractivity (Wildman–Crippen MR) is 97.3 cm³/mol. The summed E-state index contributed by atoms with van der Waals surface area (Å²) in [6, 6.07) is 8.16. The van der Waals surface area contributed by atoms with Gasteiger partial charge in [-0.2, -0.15) is 0 Å². The van der Waals surface area contributed by atoms with E-state index in [1.54, 1.807) is 18.2 Å². The maximum absolute atomic E-state index is 12.5. The van der Waals surface area contributed by atoms with Crippen molar-refractivity contribution in [3.63, 3.8) is 0 Å². The summed E-state index contributed by atoms with van der Waals surface area (Å²) in [6.07, 6.45) is 4.50. The predicted octanol–water partition coefficient (Wildman–Crippen LogP) is 3.32. The molecule has 2 N–H and O–H groups in total. The number of aromatic nitrogens is 2. The highest BCUT2D eigenvalue weighted by molar-refractivity contribution is 7.20. The first-order chi connectivity index (χ1) is 12.0. The van der Waals surface area contributed by atoms with Gasteiger partial charge in [-0.15, -0.1) is 0 Å². The number of carboxylic acids is 1. The number of thiazole rings is 1. The van der Waals surface area contributed by atoms with Crippen molar-refractivity contribution in [2.75, 3.05) is 0 Å². The minimum Gasteiger partial charge on any atom is -0.480 e. The third-order valence-corrected chi connectivity index (χ3v) is 5.26. The van der Waals surface area contributed by atoms with Crippen molar-refractivity contribution in [1.82, 2.24) is 14.9 Å². The number of carbonyl (C=O) groups excluding carboxylic acids is 1. The molecule has 2 atom stereocenters. The van der Waals surface area contributed by atoms with Crippen LogP contribution in [0.15, 0.2) is 42.7 Å². The van der Waals surface area contributed by atoms with Crippen LogP contribution in [-0.4, -0.2) is 32.6 Å². The van der Waals surface area contributed by atoms with E-state index in [1.807, 2.05) is 42.9 Å². The summed E-state index contributed by atoms with van der Waals surface area (Å²) in [7, 11) is 0. The molecule has 0 saturated carbocycles. The van der Waals surface area contributed by atoms with Gasteiger partial charge in [0.15, 0.2) is 5.13 Å². The summed E-state index contributed by atoms with van der Waals surface area (Å²) in [4.78, 5) is 28.4. The molecule has 6 nitrogen and oxygen atoms in total. The third kappa shape index (κ3) is 3.56. The van der Waals surface area contributed by atoms with Gasteiger partial charge in [-0.05, 0) is 36.2 Å². The van der Waals surface area contributed by atoms with Crippen LogP contribution in [-0.2, 0) is 4.79 Å². The molecule has 1 amide bonds. The second-order valence-corrected chi connectivity index (χ2v) is 6.95. The number of nitrogens with zero attached hydrogens (tertiary/aromatic N) is 2. The van der Waals surface area contributed by atoms with E-state index in [4.69, 9.17) is 0 Å². The molecule has 7 heteroatoms. The quantitative estimate of drug-likeness (QED) is 0.709. The molecule has 0 aliphatic rings. The summed E-state index contributed by atoms with van der Waals surface area (Å²) in [5.41, 5.74) is 1.24. The van der Waals surface area contributed by atoms with E-state index in [0.717, 1.165) is 15.3 Å². The lowest BCUT2D eigenvalue weighted by atomic mass is 9.99. The topological polar surface area (TPSA) is 84.2 Å². The highest BCUT2D eigenvalue weighted by Crippen LogP contribution is 2.26. The minimum absolute atomic E-state index is 0.145. The number of hydrogen-bond donors (Lipinski definition) is 2. The molecule has 0 saturated heterocycles. The van der Waals surface area contributed by atoms with Gasteiger partial charge in [-0.1, -0.05) is 31.6 Å². The van der Waals surface area contributed by atoms with Gasteiger partial charge in [0.1, 0.15) is 6.04 Å². The summed E-state index contributed by atoms with van der Waals surface area (Å²) < 4.78 is 2.79. The Balaban J connectivity index is 1.85. The first kappa shape index (κ1) is 17.2. The molecule has 130 valence electrons. The van der Waals surface area contributed by atoms with Crippen molar-refractivity contribution >= 4 is 33.4 Å². The number of fused-ring (bicyclic) bond motifs is 1. The first-order valence-corrected chi connectivity index (χ1v) is 8.89. The number of aliphatic carboxylic acids is 1. The van der Waals surface area contributed by atoms with Crippen LogP contribution in [0, 0.1) is 5.92 Å². The Morgan fingerprint density at radius 3 is 2.68 bits per heavy atom. The monoisotopic (exact) mass is 357 g/mol. The van der Waals surface area contributed by atoms with E-state index in [2.05, 4.69) is 10.3 Å². The number of rotatable bonds is 6. The Bertz CT molecular complexity index is 902. The van der Waals surface area contributed by atoms with E-state index in [9.17, 15) is 14.7 Å². The zero-order valence-corrected chi connectivity index (χ0v) is 14.8. The second-order valence-electron chi connectivity index (χ2n) is 5.94. The summed E-state index contributed by atoms with van der Waals surface area (Å²) in [6.45, 7) is 3.72. The number of carboxylic acid groups (broad SMARTS) is 1. The molecule has 0 fully saturated rings. The van der Waals surface area contributed by atoms with E-state index in [0.29, 0.717) is 12.0 Å². The van der Waals surface area contributed by atoms with E-state index >= 15 is 0 Å². The SMILES string of the molecule is CC[C@@H](C)[C@H](NC(=O)c1ccc2nc(-n3cccc3)sc2c1)C(=O)O. The van der Waals surface area contributed by atoms with Crippen molar-refractivity contribution in [3.8, 4) is 5.13 Å². The zero-order valence-electron chi connectivity index (χ0n) is 14.0. The van der Waals surface area contributed by atoms with Gasteiger partial charge in [-0.3, -0.25) is 4.79 Å². The van der Waals surface area contributed by atoms with Crippen LogP contribution in [0.4, 0.5) is 0 Å². The maximum atomic E-state index is 12.5. The van der Waals surface area contributed by atoms with Crippen molar-refractivity contribution in [1.29, 1.82) is 0 Å². The Labute approximate surface area is 149 Å². The fraction of sp³-hybridized carbons (Fsp3) is 0.278. The summed E-state index contributed by atoms with van der Waals surface area (Å²) >= 11 is 1.48. The van der Waals surface area contributed by atoms with Gasteiger partial charge in [0.25, 0.3) is 5.91 Å². The molecule has 0 unspecified atom stereocenters. The van der Waals surface area contributed by atoms with E-state index in [-0.39, 0.29) is 11.8 Å². The molecule has 3 aromatic rings. The van der Waals surface area contributed by atoms with Crippen molar-refractivity contribution in [2.24, 2.45) is 5.92 Å². The first-order valence-electron chi connectivity index (χ1n) is 8.07. The Hall–Kier alpha value is -2.67. The second kappa shape index (κ2) is 7.06. The largest absolute Gasteiger partial charge is 0.480 e. The van der Waals surface area contributed by atoms with E-state index in [1.165, 1.54) is 11.3 Å². The minimum atomic E-state index is -1.02. The molecule has 0 aliphatic carbocycles. The molecule has 3 rings (SSSR count). The Kier molecular flexibility index (Phi) is 4.85. The normalized spacial score (nSPS) is 13.5. The molecule has 0 radical (unpaired) electrons. The molecule has 2 heterocycles. The molecule has 1 aromatic carbocycles. The molecule has 0 bridgehead atoms. The van der Waals surface area contributed by atoms with Gasteiger partial charge >= 0.3 is 5.97 Å². The van der Waals surface area contributed by atoms with Crippen LogP contribution in [0.3, 0.4) is 0 Å². The lowest BCUT2D eigenvalue weighted by Crippen LogP contribution is -2.45. The molecular formula is C18H19N3O3S. The smallest absolute Gasteiger partial charge is 0.326 e. The molecule has 25 heavy (non-hydrogen) atoms. The maximum Gasteiger partial charge on any atom is 0.326 e. The lowest BCUT2D eigenvalue weighted by molar-refractivity contribution is -0.140. The van der Waals surface area contributed by atoms with Crippen LogP contribution >= 0.6 is 11.3 Å². The van der Waals surface area contributed by atoms with Crippen LogP contribution in [0.25, 0.3) is 15.3 Å². The number of carbonyl (C=O) groups is 2. The Morgan fingerprint density at radius 1 is 1.32 bits per heavy atom. The Morgan fingerprint density at radius 2 is 2.04 bits per heavy atom. The third-order valence-electron chi connectivity index (χ3n) is 4.23. The average Bonchev–Trinajstić information content (AvgIpc) is 3.26. The van der Waals surface area contributed by atoms with Gasteiger partial charge in [0.2, 0.25) is 0 Å². The highest BCUT2D eigenvalue weighted by atomic mass is 32.1. The highest BCUT2D eigenvalue weighted by Gasteiger charge is 2.25. The van der Waals surface area contributed by atoms with E-state index < -0.39 is 12.0 Å². The molecule has 2 aromatic heterocycles. The average molecular weight is 357 g/mol. The number of amides is 1. The van der Waals surface area contributed by atoms with Gasteiger partial charge in [0, 0.05) is 18.0 Å². The fourth-order valence-electron chi connectivity index (χ4n) is 2.53. The molecule has 0 spiro atoms. The van der Waals surface area contributed by atoms with Crippen molar-refractivity contribution < 1.29 is 14.7 Å². The fourth-order valence-corrected chi connectivity index (χ4v) is 3.51. The van der Waals surface area contributed by atoms with Crippen LogP contribution < -0.4 is 5.32 Å². The standard InChI is InChI=1S/C18H19N3O3S/c1-3-11(2)15(17(23)24)20-16(22)12-6-7-13-14(10-12)25-18(19-13)21-8-4-5-9-21/h4-11,15H,3H2,1-2H3,(H,20,22)(H,23,24)/t11-,15+/m1/s1. The van der Waals surface area contributed by atoms with Crippen LogP contribution in [0.1, 0.15) is 30.6 Å². The lowest BCUT2D eigenvalue weighted by Gasteiger charge is -2.20. The number of benzene rings is 1. The van der Waals surface area contributed by atoms with Gasteiger partial charge in [0.05, 0.1) is 10.2 Å². The molecular weight excluding hydrogens is 338 g/mol. The number of nitrogens with one attached hydrogen (secondary N) is 1. The summed E-state index contributed by atoms with van der Waals surface area (Å²) in [5, 5.41) is 12.8. The van der Waals surface area contributed by atoms with Crippen LogP contribution in [0.5, 0.6) is 0 Å². The van der Waals surface area contributed by atoms with Crippen LogP contribution in [0.2, 0.25) is 0 Å².